The number of aryl methyl sites for hydroxylation is 1. The molecule has 3 heterocycles. The van der Waals surface area contributed by atoms with Gasteiger partial charge in [-0.1, -0.05) is 12.8 Å². The van der Waals surface area contributed by atoms with E-state index in [-0.39, 0.29) is 12.0 Å². The Kier molecular flexibility index (Phi) is 6.47. The van der Waals surface area contributed by atoms with Crippen molar-refractivity contribution < 1.29 is 14.3 Å². The molecule has 8 heteroatoms. The predicted molar refractivity (Wildman–Crippen MR) is 102 cm³/mol. The second kappa shape index (κ2) is 9.01. The Hall–Kier alpha value is -2.38. The molecule has 2 fully saturated rings. The van der Waals surface area contributed by atoms with Crippen LogP contribution in [0.25, 0.3) is 0 Å². The molecule has 0 radical (unpaired) electrons. The Balaban J connectivity index is 1.67. The Morgan fingerprint density at radius 1 is 0.963 bits per heavy atom. The lowest BCUT2D eigenvalue weighted by Crippen LogP contribution is -2.51. The number of aromatic nitrogens is 2. The maximum atomic E-state index is 12.9. The lowest BCUT2D eigenvalue weighted by Gasteiger charge is -2.34. The van der Waals surface area contributed by atoms with Gasteiger partial charge < -0.3 is 19.4 Å². The molecular weight excluding hydrogens is 346 g/mol. The normalized spacial score (nSPS) is 18.2. The van der Waals surface area contributed by atoms with Gasteiger partial charge in [0.2, 0.25) is 5.95 Å². The van der Waals surface area contributed by atoms with Gasteiger partial charge in [-0.05, 0) is 32.8 Å². The van der Waals surface area contributed by atoms with Gasteiger partial charge in [-0.15, -0.1) is 0 Å². The van der Waals surface area contributed by atoms with Gasteiger partial charge in [-0.25, -0.2) is 14.8 Å². The van der Waals surface area contributed by atoms with Crippen LogP contribution in [0.3, 0.4) is 0 Å². The highest BCUT2D eigenvalue weighted by Crippen LogP contribution is 2.18. The summed E-state index contributed by atoms with van der Waals surface area (Å²) in [6, 6.07) is 1.75. The van der Waals surface area contributed by atoms with Crippen molar-refractivity contribution in [2.75, 3.05) is 50.8 Å². The topological polar surface area (TPSA) is 78.9 Å². The van der Waals surface area contributed by atoms with Crippen LogP contribution in [0.1, 0.15) is 48.8 Å². The van der Waals surface area contributed by atoms with Gasteiger partial charge in [-0.2, -0.15) is 0 Å². The summed E-state index contributed by atoms with van der Waals surface area (Å²) in [6.07, 6.45) is 4.43. The van der Waals surface area contributed by atoms with Crippen LogP contribution in [0.15, 0.2) is 6.07 Å². The molecule has 0 bridgehead atoms. The molecule has 148 valence electrons. The highest BCUT2D eigenvalue weighted by molar-refractivity contribution is 5.92. The number of ether oxygens (including phenoxy) is 1. The van der Waals surface area contributed by atoms with E-state index in [4.69, 9.17) is 4.74 Å². The van der Waals surface area contributed by atoms with Gasteiger partial charge >= 0.3 is 6.09 Å². The van der Waals surface area contributed by atoms with Crippen molar-refractivity contribution >= 4 is 17.9 Å². The largest absolute Gasteiger partial charge is 0.450 e. The summed E-state index contributed by atoms with van der Waals surface area (Å²) in [7, 11) is 0. The van der Waals surface area contributed by atoms with E-state index in [0.29, 0.717) is 44.4 Å². The molecular formula is C19H29N5O3. The van der Waals surface area contributed by atoms with Crippen molar-refractivity contribution in [3.8, 4) is 0 Å². The fourth-order valence-electron chi connectivity index (χ4n) is 3.54. The number of hydrogen-bond acceptors (Lipinski definition) is 6. The number of carbonyl (C=O) groups is 2. The molecule has 0 spiro atoms. The van der Waals surface area contributed by atoms with Gasteiger partial charge in [0.1, 0.15) is 5.69 Å². The minimum absolute atomic E-state index is 0.0971. The fraction of sp³-hybridized carbons (Fsp3) is 0.684. The molecule has 8 nitrogen and oxygen atoms in total. The zero-order valence-corrected chi connectivity index (χ0v) is 16.3. The molecule has 0 atom stereocenters. The van der Waals surface area contributed by atoms with E-state index in [9.17, 15) is 9.59 Å². The van der Waals surface area contributed by atoms with Gasteiger partial charge in [0.15, 0.2) is 0 Å². The third kappa shape index (κ3) is 4.87. The number of anilines is 1. The van der Waals surface area contributed by atoms with Crippen molar-refractivity contribution in [3.63, 3.8) is 0 Å². The molecule has 2 amide bonds. The van der Waals surface area contributed by atoms with Crippen LogP contribution in [0.4, 0.5) is 10.7 Å². The highest BCUT2D eigenvalue weighted by Gasteiger charge is 2.27. The van der Waals surface area contributed by atoms with E-state index in [2.05, 4.69) is 14.9 Å². The van der Waals surface area contributed by atoms with E-state index >= 15 is 0 Å². The molecule has 1 aromatic rings. The molecule has 2 aliphatic rings. The minimum Gasteiger partial charge on any atom is -0.450 e. The fourth-order valence-corrected chi connectivity index (χ4v) is 3.54. The minimum atomic E-state index is -0.314. The molecule has 0 unspecified atom stereocenters. The standard InChI is InChI=1S/C19H29N5O3/c1-3-27-19(26)24-12-10-22(11-13-24)17(25)16-14-15(2)20-18(21-16)23-8-6-4-5-7-9-23/h14H,3-13H2,1-2H3. The first kappa shape index (κ1) is 19.4. The highest BCUT2D eigenvalue weighted by atomic mass is 16.6. The monoisotopic (exact) mass is 375 g/mol. The van der Waals surface area contributed by atoms with Gasteiger partial charge in [0.25, 0.3) is 5.91 Å². The third-order valence-corrected chi connectivity index (χ3v) is 5.04. The van der Waals surface area contributed by atoms with Crippen molar-refractivity contribution in [1.82, 2.24) is 19.8 Å². The number of piperazine rings is 1. The Morgan fingerprint density at radius 2 is 1.59 bits per heavy atom. The average molecular weight is 375 g/mol. The molecule has 2 aliphatic heterocycles. The van der Waals surface area contributed by atoms with Crippen molar-refractivity contribution in [2.24, 2.45) is 0 Å². The Bertz CT molecular complexity index is 665. The van der Waals surface area contributed by atoms with Crippen LogP contribution < -0.4 is 4.90 Å². The summed E-state index contributed by atoms with van der Waals surface area (Å²) >= 11 is 0. The van der Waals surface area contributed by atoms with Crippen LogP contribution in [-0.4, -0.2) is 77.6 Å². The molecule has 0 N–H and O–H groups in total. The summed E-state index contributed by atoms with van der Waals surface area (Å²) in [6.45, 7) is 7.86. The summed E-state index contributed by atoms with van der Waals surface area (Å²) in [5, 5.41) is 0. The first-order valence-electron chi connectivity index (χ1n) is 9.90. The van der Waals surface area contributed by atoms with E-state index in [1.54, 1.807) is 22.8 Å². The third-order valence-electron chi connectivity index (χ3n) is 5.04. The zero-order valence-electron chi connectivity index (χ0n) is 16.3. The van der Waals surface area contributed by atoms with E-state index in [1.165, 1.54) is 12.8 Å². The van der Waals surface area contributed by atoms with Crippen LogP contribution in [0.5, 0.6) is 0 Å². The van der Waals surface area contributed by atoms with Crippen molar-refractivity contribution in [3.05, 3.63) is 17.5 Å². The summed E-state index contributed by atoms with van der Waals surface area (Å²) in [5.41, 5.74) is 1.24. The summed E-state index contributed by atoms with van der Waals surface area (Å²) < 4.78 is 5.03. The second-order valence-corrected chi connectivity index (χ2v) is 7.07. The smallest absolute Gasteiger partial charge is 0.409 e. The molecule has 0 aliphatic carbocycles. The Labute approximate surface area is 160 Å². The summed E-state index contributed by atoms with van der Waals surface area (Å²) in [5.74, 6) is 0.561. The number of nitrogens with zero attached hydrogens (tertiary/aromatic N) is 5. The second-order valence-electron chi connectivity index (χ2n) is 7.07. The maximum absolute atomic E-state index is 12.9. The SMILES string of the molecule is CCOC(=O)N1CCN(C(=O)c2cc(C)nc(N3CCCCCC3)n2)CC1. The van der Waals surface area contributed by atoms with Gasteiger partial charge in [0.05, 0.1) is 6.61 Å². The summed E-state index contributed by atoms with van der Waals surface area (Å²) in [4.78, 5) is 39.5. The van der Waals surface area contributed by atoms with E-state index < -0.39 is 0 Å². The number of carbonyl (C=O) groups excluding carboxylic acids is 2. The van der Waals surface area contributed by atoms with E-state index in [1.807, 2.05) is 6.92 Å². The maximum Gasteiger partial charge on any atom is 0.409 e. The lowest BCUT2D eigenvalue weighted by molar-refractivity contribution is 0.0566. The van der Waals surface area contributed by atoms with Gasteiger partial charge in [-0.3, -0.25) is 4.79 Å². The van der Waals surface area contributed by atoms with Crippen molar-refractivity contribution in [2.45, 2.75) is 39.5 Å². The molecule has 0 aromatic carbocycles. The quantitative estimate of drug-likeness (QED) is 0.805. The van der Waals surface area contributed by atoms with Crippen LogP contribution in [0, 0.1) is 6.92 Å². The van der Waals surface area contributed by atoms with Crippen LogP contribution in [0.2, 0.25) is 0 Å². The predicted octanol–water partition coefficient (Wildman–Crippen LogP) is 2.08. The first-order valence-corrected chi connectivity index (χ1v) is 9.90. The lowest BCUT2D eigenvalue weighted by atomic mass is 10.2. The number of rotatable bonds is 3. The number of hydrogen-bond donors (Lipinski definition) is 0. The Morgan fingerprint density at radius 3 is 2.22 bits per heavy atom. The van der Waals surface area contributed by atoms with E-state index in [0.717, 1.165) is 31.6 Å². The van der Waals surface area contributed by atoms with Crippen molar-refractivity contribution in [1.29, 1.82) is 0 Å². The molecule has 2 saturated heterocycles. The van der Waals surface area contributed by atoms with Crippen LogP contribution >= 0.6 is 0 Å². The zero-order chi connectivity index (χ0) is 19.2. The molecule has 27 heavy (non-hydrogen) atoms. The first-order chi connectivity index (χ1) is 13.1. The number of amides is 2. The van der Waals surface area contributed by atoms with Gasteiger partial charge in [0, 0.05) is 45.0 Å². The molecule has 3 rings (SSSR count). The molecule has 0 saturated carbocycles. The average Bonchev–Trinajstić information content (AvgIpc) is 2.97. The molecule has 1 aromatic heterocycles. The van der Waals surface area contributed by atoms with Crippen LogP contribution in [-0.2, 0) is 4.74 Å².